The summed E-state index contributed by atoms with van der Waals surface area (Å²) in [5, 5.41) is 4.96. The molecule has 0 radical (unpaired) electrons. The van der Waals surface area contributed by atoms with Gasteiger partial charge in [0.15, 0.2) is 5.82 Å². The van der Waals surface area contributed by atoms with E-state index >= 15 is 0 Å². The molecule has 1 saturated carbocycles. The van der Waals surface area contributed by atoms with E-state index in [1.165, 1.54) is 30.6 Å². The minimum Gasteiger partial charge on any atom is -0.390 e. The third-order valence-electron chi connectivity index (χ3n) is 4.32. The first-order valence-corrected chi connectivity index (χ1v) is 8.25. The summed E-state index contributed by atoms with van der Waals surface area (Å²) in [5.74, 6) is 2.72. The molecule has 1 fully saturated rings. The lowest BCUT2D eigenvalue weighted by Crippen LogP contribution is -1.97. The van der Waals surface area contributed by atoms with Crippen LogP contribution in [-0.4, -0.2) is 10.1 Å². The number of aromatic nitrogens is 2. The summed E-state index contributed by atoms with van der Waals surface area (Å²) in [5.41, 5.74) is 6.94. The average molecular weight is 291 g/mol. The molecule has 3 rings (SSSR count). The summed E-state index contributed by atoms with van der Waals surface area (Å²) in [4.78, 5) is 5.84. The summed E-state index contributed by atoms with van der Waals surface area (Å²) < 4.78 is 5.44. The van der Waals surface area contributed by atoms with Crippen LogP contribution in [0, 0.1) is 5.92 Å². The van der Waals surface area contributed by atoms with Crippen molar-refractivity contribution in [2.75, 3.05) is 5.73 Å². The normalized spacial score (nSPS) is 22.5. The number of anilines is 1. The first kappa shape index (κ1) is 13.6. The number of nitrogen functional groups attached to an aromatic ring is 1. The topological polar surface area (TPSA) is 64.9 Å². The van der Waals surface area contributed by atoms with Gasteiger partial charge in [-0.2, -0.15) is 4.98 Å². The quantitative estimate of drug-likeness (QED) is 0.915. The maximum absolute atomic E-state index is 6.05. The highest BCUT2D eigenvalue weighted by atomic mass is 32.1. The molecule has 5 heteroatoms. The average Bonchev–Trinajstić information content (AvgIpc) is 3.16. The van der Waals surface area contributed by atoms with Crippen molar-refractivity contribution < 1.29 is 4.52 Å². The van der Waals surface area contributed by atoms with Gasteiger partial charge in [0.2, 0.25) is 0 Å². The highest BCUT2D eigenvalue weighted by Gasteiger charge is 2.28. The van der Waals surface area contributed by atoms with Crippen LogP contribution in [0.25, 0.3) is 11.5 Å². The molecule has 0 aromatic carbocycles. The molecule has 0 bridgehead atoms. The lowest BCUT2D eigenvalue weighted by atomic mass is 10.0. The number of nitrogens with two attached hydrogens (primary N) is 1. The zero-order chi connectivity index (χ0) is 14.1. The molecule has 0 amide bonds. The SMILES string of the molecule is CCc1cc(-c2nc(C3CCC(CC)C3)no2)c(N)s1. The lowest BCUT2D eigenvalue weighted by molar-refractivity contribution is 0.414. The van der Waals surface area contributed by atoms with Crippen LogP contribution in [0.4, 0.5) is 5.00 Å². The van der Waals surface area contributed by atoms with E-state index in [0.29, 0.717) is 11.8 Å². The van der Waals surface area contributed by atoms with Crippen LogP contribution in [-0.2, 0) is 6.42 Å². The summed E-state index contributed by atoms with van der Waals surface area (Å²) in [6.07, 6.45) is 5.88. The molecule has 2 heterocycles. The molecule has 2 atom stereocenters. The Morgan fingerprint density at radius 1 is 1.40 bits per heavy atom. The maximum Gasteiger partial charge on any atom is 0.260 e. The summed E-state index contributed by atoms with van der Waals surface area (Å²) in [6.45, 7) is 4.38. The molecule has 2 unspecified atom stereocenters. The molecule has 2 N–H and O–H groups in total. The Morgan fingerprint density at radius 2 is 2.25 bits per heavy atom. The van der Waals surface area contributed by atoms with Gasteiger partial charge in [-0.15, -0.1) is 11.3 Å². The van der Waals surface area contributed by atoms with Crippen molar-refractivity contribution in [3.05, 3.63) is 16.8 Å². The highest BCUT2D eigenvalue weighted by molar-refractivity contribution is 7.16. The van der Waals surface area contributed by atoms with Gasteiger partial charge in [-0.1, -0.05) is 25.4 Å². The van der Waals surface area contributed by atoms with Crippen molar-refractivity contribution in [3.63, 3.8) is 0 Å². The van der Waals surface area contributed by atoms with Gasteiger partial charge in [0, 0.05) is 10.8 Å². The highest BCUT2D eigenvalue weighted by Crippen LogP contribution is 2.40. The van der Waals surface area contributed by atoms with Crippen LogP contribution in [0.3, 0.4) is 0 Å². The minimum absolute atomic E-state index is 0.461. The molecule has 2 aromatic rings. The fourth-order valence-corrected chi connectivity index (χ4v) is 3.85. The predicted octanol–water partition coefficient (Wildman–Crippen LogP) is 4.24. The van der Waals surface area contributed by atoms with Gasteiger partial charge >= 0.3 is 0 Å². The van der Waals surface area contributed by atoms with Gasteiger partial charge in [0.05, 0.1) is 10.6 Å². The van der Waals surface area contributed by atoms with Crippen molar-refractivity contribution in [2.45, 2.75) is 51.9 Å². The summed E-state index contributed by atoms with van der Waals surface area (Å²) >= 11 is 1.60. The Bertz CT molecular complexity index is 590. The van der Waals surface area contributed by atoms with Gasteiger partial charge in [-0.05, 0) is 37.7 Å². The van der Waals surface area contributed by atoms with Crippen LogP contribution in [0.15, 0.2) is 10.6 Å². The van der Waals surface area contributed by atoms with E-state index in [1.54, 1.807) is 11.3 Å². The second kappa shape index (κ2) is 5.56. The number of aryl methyl sites for hydroxylation is 1. The second-order valence-corrected chi connectivity index (χ2v) is 6.75. The van der Waals surface area contributed by atoms with E-state index in [1.807, 2.05) is 0 Å². The van der Waals surface area contributed by atoms with Gasteiger partial charge < -0.3 is 10.3 Å². The molecule has 1 aliphatic rings. The van der Waals surface area contributed by atoms with Crippen LogP contribution >= 0.6 is 11.3 Å². The van der Waals surface area contributed by atoms with Crippen LogP contribution in [0.1, 0.15) is 56.2 Å². The van der Waals surface area contributed by atoms with Crippen LogP contribution in [0.2, 0.25) is 0 Å². The molecule has 20 heavy (non-hydrogen) atoms. The van der Waals surface area contributed by atoms with Crippen molar-refractivity contribution in [2.24, 2.45) is 5.92 Å². The van der Waals surface area contributed by atoms with Crippen molar-refractivity contribution >= 4 is 16.3 Å². The Balaban J connectivity index is 1.81. The summed E-state index contributed by atoms with van der Waals surface area (Å²) in [6, 6.07) is 2.07. The largest absolute Gasteiger partial charge is 0.390 e. The zero-order valence-electron chi connectivity index (χ0n) is 12.1. The predicted molar refractivity (Wildman–Crippen MR) is 81.8 cm³/mol. The Hall–Kier alpha value is -1.36. The third-order valence-corrected chi connectivity index (χ3v) is 5.42. The lowest BCUT2D eigenvalue weighted by Gasteiger charge is -2.04. The van der Waals surface area contributed by atoms with Crippen molar-refractivity contribution in [3.8, 4) is 11.5 Å². The molecule has 0 aliphatic heterocycles. The zero-order valence-corrected chi connectivity index (χ0v) is 12.9. The van der Waals surface area contributed by atoms with Crippen LogP contribution < -0.4 is 5.73 Å². The molecule has 108 valence electrons. The van der Waals surface area contributed by atoms with Gasteiger partial charge in [0.1, 0.15) is 0 Å². The fraction of sp³-hybridized carbons (Fsp3) is 0.600. The number of hydrogen-bond acceptors (Lipinski definition) is 5. The maximum atomic E-state index is 6.05. The van der Waals surface area contributed by atoms with E-state index in [-0.39, 0.29) is 0 Å². The Labute approximate surface area is 123 Å². The van der Waals surface area contributed by atoms with Crippen LogP contribution in [0.5, 0.6) is 0 Å². The fourth-order valence-electron chi connectivity index (χ4n) is 2.99. The number of hydrogen-bond donors (Lipinski definition) is 1. The third kappa shape index (κ3) is 2.46. The minimum atomic E-state index is 0.461. The number of rotatable bonds is 4. The molecular weight excluding hydrogens is 270 g/mol. The molecule has 0 spiro atoms. The van der Waals surface area contributed by atoms with E-state index in [4.69, 9.17) is 10.3 Å². The number of nitrogens with zero attached hydrogens (tertiary/aromatic N) is 2. The molecular formula is C15H21N3OS. The first-order valence-electron chi connectivity index (χ1n) is 7.43. The molecule has 0 saturated heterocycles. The van der Waals surface area contributed by atoms with Crippen molar-refractivity contribution in [1.29, 1.82) is 0 Å². The Kier molecular flexibility index (Phi) is 3.78. The molecule has 2 aromatic heterocycles. The first-order chi connectivity index (χ1) is 9.71. The Morgan fingerprint density at radius 3 is 2.90 bits per heavy atom. The standard InChI is InChI=1S/C15H21N3OS/c1-3-9-5-6-10(7-9)14-17-15(19-18-14)12-8-11(4-2)20-13(12)16/h8-10H,3-7,16H2,1-2H3. The molecule has 1 aliphatic carbocycles. The van der Waals surface area contributed by atoms with E-state index in [0.717, 1.165) is 28.7 Å². The number of thiophene rings is 1. The van der Waals surface area contributed by atoms with Gasteiger partial charge in [0.25, 0.3) is 5.89 Å². The molecule has 4 nitrogen and oxygen atoms in total. The second-order valence-electron chi connectivity index (χ2n) is 5.59. The van der Waals surface area contributed by atoms with E-state index in [2.05, 4.69) is 30.1 Å². The van der Waals surface area contributed by atoms with Gasteiger partial charge in [-0.3, -0.25) is 0 Å². The monoisotopic (exact) mass is 291 g/mol. The van der Waals surface area contributed by atoms with E-state index in [9.17, 15) is 0 Å². The summed E-state index contributed by atoms with van der Waals surface area (Å²) in [7, 11) is 0. The van der Waals surface area contributed by atoms with Crippen molar-refractivity contribution in [1.82, 2.24) is 10.1 Å². The smallest absolute Gasteiger partial charge is 0.260 e. The van der Waals surface area contributed by atoms with E-state index < -0.39 is 0 Å². The van der Waals surface area contributed by atoms with Gasteiger partial charge in [-0.25, -0.2) is 0 Å².